The maximum absolute atomic E-state index is 13.4. The first-order valence-corrected chi connectivity index (χ1v) is 10.5. The van der Waals surface area contributed by atoms with Crippen molar-refractivity contribution < 1.29 is 31.2 Å². The zero-order valence-corrected chi connectivity index (χ0v) is 18.9. The third kappa shape index (κ3) is 6.58. The van der Waals surface area contributed by atoms with Crippen molar-refractivity contribution in [2.24, 2.45) is 0 Å². The third-order valence-electron chi connectivity index (χ3n) is 4.28. The summed E-state index contributed by atoms with van der Waals surface area (Å²) in [7, 11) is -2.75. The molecule has 2 aromatic carbocycles. The molecule has 0 bridgehead atoms. The molecule has 0 spiro atoms. The number of aryl methyl sites for hydroxylation is 1. The van der Waals surface area contributed by atoms with Crippen LogP contribution < -0.4 is 4.74 Å². The van der Waals surface area contributed by atoms with Gasteiger partial charge in [0.05, 0.1) is 0 Å². The van der Waals surface area contributed by atoms with Crippen molar-refractivity contribution in [2.45, 2.75) is 58.8 Å². The SMILES string of the molecule is C[c-]1cccc1OC(=O)CP(=O)(C(C)(C)C)C(C)(C)C.[Fe+2].c1cc[cH-]c1. The summed E-state index contributed by atoms with van der Waals surface area (Å²) in [6.07, 6.45) is -0.0232. The summed E-state index contributed by atoms with van der Waals surface area (Å²) in [6.45, 7) is 13.5. The zero-order valence-electron chi connectivity index (χ0n) is 16.9. The third-order valence-corrected chi connectivity index (χ3v) is 9.32. The molecule has 0 amide bonds. The van der Waals surface area contributed by atoms with E-state index in [-0.39, 0.29) is 23.2 Å². The predicted molar refractivity (Wildman–Crippen MR) is 106 cm³/mol. The van der Waals surface area contributed by atoms with E-state index in [1.54, 1.807) is 6.07 Å². The van der Waals surface area contributed by atoms with Gasteiger partial charge in [-0.15, -0.1) is 5.56 Å². The van der Waals surface area contributed by atoms with E-state index in [1.165, 1.54) is 0 Å². The molecule has 2 rings (SSSR count). The Kier molecular flexibility index (Phi) is 9.33. The van der Waals surface area contributed by atoms with Crippen molar-refractivity contribution in [3.05, 3.63) is 54.1 Å². The summed E-state index contributed by atoms with van der Waals surface area (Å²) in [5.41, 5.74) is 0.916. The fraction of sp³-hybridized carbons (Fsp3) is 0.476. The van der Waals surface area contributed by atoms with E-state index in [1.807, 2.05) is 90.9 Å². The number of esters is 1. The van der Waals surface area contributed by atoms with Crippen molar-refractivity contribution >= 4 is 13.1 Å². The summed E-state index contributed by atoms with van der Waals surface area (Å²) >= 11 is 0. The molecule has 0 N–H and O–H groups in total. The van der Waals surface area contributed by atoms with Gasteiger partial charge in [-0.2, -0.15) is 30.3 Å². The molecule has 146 valence electrons. The fourth-order valence-corrected chi connectivity index (χ4v) is 6.14. The Labute approximate surface area is 169 Å². The Bertz CT molecular complexity index is 665. The minimum Gasteiger partial charge on any atom is -0.454 e. The summed E-state index contributed by atoms with van der Waals surface area (Å²) in [5, 5.41) is -0.851. The fourth-order valence-electron chi connectivity index (χ4n) is 2.75. The topological polar surface area (TPSA) is 43.4 Å². The van der Waals surface area contributed by atoms with Crippen molar-refractivity contribution in [2.75, 3.05) is 6.16 Å². The van der Waals surface area contributed by atoms with Crippen LogP contribution in [0.3, 0.4) is 0 Å². The number of hydrogen-bond acceptors (Lipinski definition) is 3. The van der Waals surface area contributed by atoms with Gasteiger partial charge in [-0.3, -0.25) is 4.79 Å². The Hall–Kier alpha value is -1.08. The Morgan fingerprint density at radius 2 is 1.58 bits per heavy atom. The van der Waals surface area contributed by atoms with Crippen LogP contribution in [0.25, 0.3) is 0 Å². The van der Waals surface area contributed by atoms with Crippen LogP contribution >= 0.6 is 7.14 Å². The van der Waals surface area contributed by atoms with Crippen molar-refractivity contribution in [1.82, 2.24) is 0 Å². The van der Waals surface area contributed by atoms with Gasteiger partial charge in [0.15, 0.2) is 0 Å². The Balaban J connectivity index is 0.000000893. The minimum absolute atomic E-state index is 0. The molecule has 0 aliphatic rings. The van der Waals surface area contributed by atoms with E-state index in [9.17, 15) is 9.36 Å². The van der Waals surface area contributed by atoms with Crippen LogP contribution in [0.15, 0.2) is 48.5 Å². The maximum Gasteiger partial charge on any atom is 2.00 e. The monoisotopic (exact) mass is 418 g/mol. The minimum atomic E-state index is -2.75. The van der Waals surface area contributed by atoms with E-state index in [0.29, 0.717) is 5.75 Å². The molecule has 0 unspecified atom stereocenters. The molecule has 0 aliphatic heterocycles. The summed E-state index contributed by atoms with van der Waals surface area (Å²) in [4.78, 5) is 12.2. The van der Waals surface area contributed by atoms with Gasteiger partial charge < -0.3 is 9.30 Å². The molecule has 0 radical (unpaired) electrons. The van der Waals surface area contributed by atoms with E-state index in [0.717, 1.165) is 5.56 Å². The molecule has 0 heterocycles. The van der Waals surface area contributed by atoms with Crippen LogP contribution in [0.2, 0.25) is 0 Å². The zero-order chi connectivity index (χ0) is 19.3. The maximum atomic E-state index is 13.4. The van der Waals surface area contributed by atoms with Crippen molar-refractivity contribution in [3.63, 3.8) is 0 Å². The number of carbonyl (C=O) groups is 1. The molecule has 2 aromatic rings. The normalized spacial score (nSPS) is 11.8. The quantitative estimate of drug-likeness (QED) is 0.267. The van der Waals surface area contributed by atoms with Crippen LogP contribution in [0.5, 0.6) is 5.75 Å². The number of ether oxygens (including phenoxy) is 1. The average Bonchev–Trinajstić information content (AvgIpc) is 3.12. The van der Waals surface area contributed by atoms with Gasteiger partial charge in [0.1, 0.15) is 13.3 Å². The predicted octanol–water partition coefficient (Wildman–Crippen LogP) is 5.98. The van der Waals surface area contributed by atoms with E-state index >= 15 is 0 Å². The molecule has 26 heavy (non-hydrogen) atoms. The van der Waals surface area contributed by atoms with Crippen LogP contribution in [0.1, 0.15) is 47.1 Å². The van der Waals surface area contributed by atoms with Crippen LogP contribution in [0.4, 0.5) is 0 Å². The first kappa shape index (κ1) is 24.9. The number of hydrogen-bond donors (Lipinski definition) is 0. The second-order valence-corrected chi connectivity index (χ2v) is 12.7. The molecule has 0 saturated heterocycles. The van der Waals surface area contributed by atoms with E-state index in [4.69, 9.17) is 4.74 Å². The Morgan fingerprint density at radius 3 is 1.88 bits per heavy atom. The second kappa shape index (κ2) is 9.74. The smallest absolute Gasteiger partial charge is 0.454 e. The largest absolute Gasteiger partial charge is 2.00 e. The summed E-state index contributed by atoms with van der Waals surface area (Å²) in [5.74, 6) is 0.150. The standard InChI is InChI=1S/C16H26O3P.C5H5.Fe/c1-12-9-8-10-13(12)19-14(17)11-20(18,15(2,3)4)16(5,6)7;1-2-4-5-3-1;/h8-10H,11H2,1-7H3;1-5H;/q2*-1;+2. The summed E-state index contributed by atoms with van der Waals surface area (Å²) < 4.78 is 18.7. The molecule has 0 saturated carbocycles. The first-order valence-electron chi connectivity index (χ1n) is 8.57. The van der Waals surface area contributed by atoms with Crippen LogP contribution in [-0.2, 0) is 26.4 Å². The first-order chi connectivity index (χ1) is 11.4. The van der Waals surface area contributed by atoms with Gasteiger partial charge in [-0.25, -0.2) is 18.2 Å². The van der Waals surface area contributed by atoms with Gasteiger partial charge >= 0.3 is 23.0 Å². The molecule has 0 atom stereocenters. The van der Waals surface area contributed by atoms with Crippen molar-refractivity contribution in [3.8, 4) is 5.75 Å². The molecule has 5 heteroatoms. The number of carbonyl (C=O) groups excluding carboxylic acids is 1. The summed E-state index contributed by atoms with van der Waals surface area (Å²) in [6, 6.07) is 15.5. The van der Waals surface area contributed by atoms with E-state index in [2.05, 4.69) is 0 Å². The molecule has 0 aromatic heterocycles. The van der Waals surface area contributed by atoms with Gasteiger partial charge in [0.2, 0.25) is 0 Å². The van der Waals surface area contributed by atoms with Gasteiger partial charge in [0, 0.05) is 16.1 Å². The van der Waals surface area contributed by atoms with Gasteiger partial charge in [-0.1, -0.05) is 48.5 Å². The van der Waals surface area contributed by atoms with Crippen molar-refractivity contribution in [1.29, 1.82) is 0 Å². The molecular formula is C21H31FeO3P. The second-order valence-electron chi connectivity index (χ2n) is 8.25. The molecule has 0 fully saturated rings. The van der Waals surface area contributed by atoms with E-state index < -0.39 is 23.4 Å². The number of rotatable bonds is 3. The molecule has 0 aliphatic carbocycles. The average molecular weight is 418 g/mol. The van der Waals surface area contributed by atoms with Gasteiger partial charge in [0.25, 0.3) is 0 Å². The van der Waals surface area contributed by atoms with Crippen LogP contribution in [0, 0.1) is 6.92 Å². The van der Waals surface area contributed by atoms with Gasteiger partial charge in [-0.05, 0) is 0 Å². The Morgan fingerprint density at radius 1 is 1.08 bits per heavy atom. The molecule has 3 nitrogen and oxygen atoms in total. The van der Waals surface area contributed by atoms with Crippen LogP contribution in [-0.4, -0.2) is 22.4 Å². The molecular weight excluding hydrogens is 387 g/mol.